The predicted molar refractivity (Wildman–Crippen MR) is 115 cm³/mol. The number of aryl methyl sites for hydroxylation is 1. The monoisotopic (exact) mass is 394 g/mol. The van der Waals surface area contributed by atoms with Gasteiger partial charge in [0, 0.05) is 19.1 Å². The highest BCUT2D eigenvalue weighted by molar-refractivity contribution is 5.88. The second kappa shape index (κ2) is 9.16. The number of allylic oxidation sites excluding steroid dienone is 1. The van der Waals surface area contributed by atoms with E-state index in [4.69, 9.17) is 10.1 Å². The van der Waals surface area contributed by atoms with Gasteiger partial charge < -0.3 is 5.11 Å². The number of benzene rings is 1. The molecule has 6 heteroatoms. The van der Waals surface area contributed by atoms with E-state index in [1.807, 2.05) is 28.9 Å². The first kappa shape index (κ1) is 21.0. The molecule has 29 heavy (non-hydrogen) atoms. The maximum atomic E-state index is 11.9. The molecule has 0 spiro atoms. The van der Waals surface area contributed by atoms with E-state index >= 15 is 0 Å². The summed E-state index contributed by atoms with van der Waals surface area (Å²) in [5.74, 6) is 1.56. The van der Waals surface area contributed by atoms with Crippen molar-refractivity contribution in [3.05, 3.63) is 59.2 Å². The molecule has 1 aromatic carbocycles. The number of rotatable bonds is 9. The SMILES string of the molecule is CCCCc1nc(CC(C)C)nn1Cc1ccc(C2(C(=O)O)C=CC=NC2)cc1. The van der Waals surface area contributed by atoms with Gasteiger partial charge in [0.25, 0.3) is 0 Å². The molecule has 0 radical (unpaired) electrons. The Morgan fingerprint density at radius 3 is 2.62 bits per heavy atom. The van der Waals surface area contributed by atoms with Crippen LogP contribution in [-0.4, -0.2) is 38.6 Å². The van der Waals surface area contributed by atoms with Gasteiger partial charge in [0.15, 0.2) is 5.82 Å². The molecule has 0 saturated carbocycles. The van der Waals surface area contributed by atoms with Gasteiger partial charge in [-0.2, -0.15) is 5.10 Å². The molecule has 1 unspecified atom stereocenters. The topological polar surface area (TPSA) is 80.4 Å². The van der Waals surface area contributed by atoms with Crippen molar-refractivity contribution in [3.8, 4) is 0 Å². The van der Waals surface area contributed by atoms with Crippen molar-refractivity contribution in [2.24, 2.45) is 10.9 Å². The highest BCUT2D eigenvalue weighted by Gasteiger charge is 2.38. The summed E-state index contributed by atoms with van der Waals surface area (Å²) in [6.07, 6.45) is 9.07. The fourth-order valence-electron chi connectivity index (χ4n) is 3.57. The Bertz CT molecular complexity index is 896. The Kier molecular flexibility index (Phi) is 6.62. The first-order chi connectivity index (χ1) is 13.9. The smallest absolute Gasteiger partial charge is 0.319 e. The third kappa shape index (κ3) is 4.81. The molecule has 0 amide bonds. The van der Waals surface area contributed by atoms with Crippen LogP contribution in [0.25, 0.3) is 0 Å². The summed E-state index contributed by atoms with van der Waals surface area (Å²) in [5, 5.41) is 14.5. The third-order valence-electron chi connectivity index (χ3n) is 5.23. The highest BCUT2D eigenvalue weighted by atomic mass is 16.4. The quantitative estimate of drug-likeness (QED) is 0.701. The van der Waals surface area contributed by atoms with Crippen molar-refractivity contribution in [3.63, 3.8) is 0 Å². The van der Waals surface area contributed by atoms with Crippen molar-refractivity contribution >= 4 is 12.2 Å². The van der Waals surface area contributed by atoms with E-state index in [0.29, 0.717) is 12.5 Å². The van der Waals surface area contributed by atoms with E-state index in [1.54, 1.807) is 18.4 Å². The molecule has 0 bridgehead atoms. The Labute approximate surface area is 172 Å². The van der Waals surface area contributed by atoms with Gasteiger partial charge in [0.1, 0.15) is 11.2 Å². The zero-order chi connectivity index (χ0) is 20.9. The molecule has 1 N–H and O–H groups in total. The summed E-state index contributed by atoms with van der Waals surface area (Å²) in [6, 6.07) is 7.76. The van der Waals surface area contributed by atoms with E-state index in [-0.39, 0.29) is 6.54 Å². The van der Waals surface area contributed by atoms with Gasteiger partial charge in [0.2, 0.25) is 0 Å². The number of hydrogen-bond donors (Lipinski definition) is 1. The van der Waals surface area contributed by atoms with Gasteiger partial charge in [-0.25, -0.2) is 9.67 Å². The first-order valence-corrected chi connectivity index (χ1v) is 10.4. The van der Waals surface area contributed by atoms with Crippen LogP contribution in [0.4, 0.5) is 0 Å². The van der Waals surface area contributed by atoms with Crippen LogP contribution < -0.4 is 0 Å². The highest BCUT2D eigenvalue weighted by Crippen LogP contribution is 2.29. The van der Waals surface area contributed by atoms with Crippen molar-refractivity contribution in [2.75, 3.05) is 6.54 Å². The summed E-state index contributed by atoms with van der Waals surface area (Å²) in [5.41, 5.74) is 0.737. The number of aromatic nitrogens is 3. The number of carbonyl (C=O) groups is 1. The second-order valence-corrected chi connectivity index (χ2v) is 8.13. The lowest BCUT2D eigenvalue weighted by Gasteiger charge is -2.26. The van der Waals surface area contributed by atoms with Gasteiger partial charge in [-0.15, -0.1) is 0 Å². The predicted octanol–water partition coefficient (Wildman–Crippen LogP) is 3.83. The lowest BCUT2D eigenvalue weighted by molar-refractivity contribution is -0.141. The van der Waals surface area contributed by atoms with E-state index in [9.17, 15) is 9.90 Å². The zero-order valence-corrected chi connectivity index (χ0v) is 17.5. The fraction of sp³-hybridized carbons (Fsp3) is 0.478. The third-order valence-corrected chi connectivity index (χ3v) is 5.23. The van der Waals surface area contributed by atoms with E-state index in [2.05, 4.69) is 25.8 Å². The van der Waals surface area contributed by atoms with Crippen LogP contribution >= 0.6 is 0 Å². The molecule has 2 heterocycles. The largest absolute Gasteiger partial charge is 0.480 e. The van der Waals surface area contributed by atoms with Crippen LogP contribution in [0.5, 0.6) is 0 Å². The van der Waals surface area contributed by atoms with Crippen molar-refractivity contribution in [1.29, 1.82) is 0 Å². The standard InChI is InChI=1S/C23H30N4O2/c1-4-5-7-21-25-20(14-17(2)3)26-27(21)15-18-8-10-19(11-9-18)23(22(28)29)12-6-13-24-16-23/h6,8-13,17H,4-5,7,14-16H2,1-3H3,(H,28,29). The maximum Gasteiger partial charge on any atom is 0.319 e. The second-order valence-electron chi connectivity index (χ2n) is 8.13. The molecule has 154 valence electrons. The lowest BCUT2D eigenvalue weighted by atomic mass is 9.79. The Morgan fingerprint density at radius 1 is 1.28 bits per heavy atom. The number of dihydropyridines is 1. The Morgan fingerprint density at radius 2 is 2.03 bits per heavy atom. The van der Waals surface area contributed by atoms with E-state index in [1.165, 1.54) is 0 Å². The van der Waals surface area contributed by atoms with Crippen LogP contribution in [0.3, 0.4) is 0 Å². The molecule has 0 fully saturated rings. The van der Waals surface area contributed by atoms with Crippen LogP contribution in [0.1, 0.15) is 56.4 Å². The summed E-state index contributed by atoms with van der Waals surface area (Å²) in [7, 11) is 0. The van der Waals surface area contributed by atoms with Gasteiger partial charge >= 0.3 is 5.97 Å². The molecule has 1 aliphatic rings. The number of carboxylic acids is 1. The van der Waals surface area contributed by atoms with Gasteiger partial charge in [0.05, 0.1) is 13.1 Å². The molecular formula is C23H30N4O2. The summed E-state index contributed by atoms with van der Waals surface area (Å²) < 4.78 is 2.00. The molecular weight excluding hydrogens is 364 g/mol. The number of hydrogen-bond acceptors (Lipinski definition) is 4. The zero-order valence-electron chi connectivity index (χ0n) is 17.5. The van der Waals surface area contributed by atoms with Crippen molar-refractivity contribution in [1.82, 2.24) is 14.8 Å². The fourth-order valence-corrected chi connectivity index (χ4v) is 3.57. The molecule has 1 aliphatic heterocycles. The van der Waals surface area contributed by atoms with Crippen LogP contribution in [0.2, 0.25) is 0 Å². The molecule has 3 rings (SSSR count). The molecule has 0 saturated heterocycles. The maximum absolute atomic E-state index is 11.9. The number of carboxylic acid groups (broad SMARTS) is 1. The van der Waals surface area contributed by atoms with Crippen molar-refractivity contribution in [2.45, 2.75) is 58.4 Å². The minimum atomic E-state index is -1.09. The molecule has 0 aliphatic carbocycles. The van der Waals surface area contributed by atoms with Gasteiger partial charge in [-0.3, -0.25) is 9.79 Å². The van der Waals surface area contributed by atoms with Crippen molar-refractivity contribution < 1.29 is 9.90 Å². The average molecular weight is 395 g/mol. The molecule has 6 nitrogen and oxygen atoms in total. The number of nitrogens with zero attached hydrogens (tertiary/aromatic N) is 4. The number of aliphatic carboxylic acids is 1. The van der Waals surface area contributed by atoms with Gasteiger partial charge in [-0.05, 0) is 29.5 Å². The van der Waals surface area contributed by atoms with E-state index in [0.717, 1.165) is 48.5 Å². The van der Waals surface area contributed by atoms with Crippen LogP contribution in [0.15, 0.2) is 41.4 Å². The summed E-state index contributed by atoms with van der Waals surface area (Å²) in [4.78, 5) is 20.9. The van der Waals surface area contributed by atoms with Crippen LogP contribution in [0, 0.1) is 5.92 Å². The lowest BCUT2D eigenvalue weighted by Crippen LogP contribution is -2.38. The number of unbranched alkanes of at least 4 members (excludes halogenated alkanes) is 1. The number of aliphatic imine (C=N–C) groups is 1. The first-order valence-electron chi connectivity index (χ1n) is 10.4. The Balaban J connectivity index is 1.82. The minimum Gasteiger partial charge on any atom is -0.480 e. The summed E-state index contributed by atoms with van der Waals surface area (Å²) >= 11 is 0. The molecule has 1 atom stereocenters. The summed E-state index contributed by atoms with van der Waals surface area (Å²) in [6.45, 7) is 7.39. The minimum absolute atomic E-state index is 0.223. The normalized spacial score (nSPS) is 18.5. The Hall–Kier alpha value is -2.76. The van der Waals surface area contributed by atoms with E-state index < -0.39 is 11.4 Å². The van der Waals surface area contributed by atoms with Crippen LogP contribution in [-0.2, 0) is 29.6 Å². The molecule has 2 aromatic rings. The van der Waals surface area contributed by atoms with Gasteiger partial charge in [-0.1, -0.05) is 57.5 Å². The average Bonchev–Trinajstić information content (AvgIpc) is 3.07. The molecule has 1 aromatic heterocycles.